The number of piperidine rings is 1. The van der Waals surface area contributed by atoms with E-state index in [0.29, 0.717) is 41.7 Å². The molecule has 1 N–H and O–H groups in total. The van der Waals surface area contributed by atoms with Crippen LogP contribution in [0.1, 0.15) is 111 Å². The van der Waals surface area contributed by atoms with Gasteiger partial charge in [0.15, 0.2) is 17.4 Å². The molecule has 9 rings (SSSR count). The number of halogens is 1. The summed E-state index contributed by atoms with van der Waals surface area (Å²) in [5.74, 6) is 2.75. The highest BCUT2D eigenvalue weighted by atomic mass is 35.5. The molecule has 3 aliphatic rings. The lowest BCUT2D eigenvalue weighted by Crippen LogP contribution is -2.43. The highest BCUT2D eigenvalue weighted by molar-refractivity contribution is 7.15. The van der Waals surface area contributed by atoms with Crippen LogP contribution in [0.2, 0.25) is 5.02 Å². The Labute approximate surface area is 380 Å². The lowest BCUT2D eigenvalue weighted by atomic mass is 9.92. The van der Waals surface area contributed by atoms with Crippen LogP contribution in [0.25, 0.3) is 5.00 Å². The molecule has 0 spiro atoms. The number of aryl methyl sites for hydroxylation is 2. The van der Waals surface area contributed by atoms with Gasteiger partial charge in [0.1, 0.15) is 34.9 Å². The van der Waals surface area contributed by atoms with Crippen LogP contribution in [-0.4, -0.2) is 91.2 Å². The van der Waals surface area contributed by atoms with Crippen LogP contribution in [0.4, 0.5) is 5.69 Å². The third-order valence-electron chi connectivity index (χ3n) is 12.6. The van der Waals surface area contributed by atoms with Gasteiger partial charge in [0.05, 0.1) is 47.3 Å². The zero-order valence-corrected chi connectivity index (χ0v) is 37.7. The Morgan fingerprint density at radius 2 is 1.77 bits per heavy atom. The van der Waals surface area contributed by atoms with Crippen molar-refractivity contribution in [3.8, 4) is 16.8 Å². The van der Waals surface area contributed by atoms with Gasteiger partial charge in [-0.1, -0.05) is 23.7 Å². The van der Waals surface area contributed by atoms with E-state index >= 15 is 0 Å². The first-order chi connectivity index (χ1) is 31.0. The van der Waals surface area contributed by atoms with Crippen molar-refractivity contribution in [2.24, 2.45) is 4.99 Å². The number of rotatable bonds is 11. The maximum Gasteiger partial charge on any atom is 0.272 e. The molecule has 1 saturated carbocycles. The van der Waals surface area contributed by atoms with E-state index in [1.807, 2.05) is 42.0 Å². The number of likely N-dealkylation sites (N-methyl/N-ethyl adjacent to an activating group) is 1. The molecule has 0 unspecified atom stereocenters. The molecule has 0 radical (unpaired) electrons. The van der Waals surface area contributed by atoms with Crippen molar-refractivity contribution in [3.05, 3.63) is 128 Å². The van der Waals surface area contributed by atoms with Crippen molar-refractivity contribution in [1.29, 1.82) is 5.26 Å². The van der Waals surface area contributed by atoms with Crippen LogP contribution in [-0.2, 0) is 11.2 Å². The molecule has 6 heterocycles. The predicted molar refractivity (Wildman–Crippen MR) is 243 cm³/mol. The molecule has 1 atom stereocenters. The molecule has 17 heteroatoms. The normalized spacial score (nSPS) is 18.6. The molecule has 4 aromatic heterocycles. The third kappa shape index (κ3) is 8.87. The number of nitrogens with zero attached hydrogens (tertiary/aromatic N) is 10. The molecule has 64 heavy (non-hydrogen) atoms. The third-order valence-corrected chi connectivity index (χ3v) is 14.1. The number of carbonyl (C=O) groups excluding carboxylic acids is 2. The van der Waals surface area contributed by atoms with Crippen LogP contribution in [0.3, 0.4) is 0 Å². The minimum absolute atomic E-state index is 0.0112. The highest BCUT2D eigenvalue weighted by Crippen LogP contribution is 2.40. The lowest BCUT2D eigenvalue weighted by molar-refractivity contribution is -0.130. The van der Waals surface area contributed by atoms with E-state index in [2.05, 4.69) is 67.3 Å². The number of fused-ring (bicyclic) bond motifs is 3. The van der Waals surface area contributed by atoms with Crippen LogP contribution >= 0.6 is 22.9 Å². The monoisotopic (exact) mass is 897 g/mol. The highest BCUT2D eigenvalue weighted by Gasteiger charge is 2.33. The van der Waals surface area contributed by atoms with E-state index in [9.17, 15) is 9.59 Å². The molecule has 0 bridgehead atoms. The molecule has 2 aliphatic heterocycles. The molecule has 2 aromatic carbocycles. The average molecular weight is 898 g/mol. The Balaban J connectivity index is 0.772. The Morgan fingerprint density at radius 1 is 0.984 bits per heavy atom. The van der Waals surface area contributed by atoms with Crippen molar-refractivity contribution in [1.82, 2.24) is 40.2 Å². The summed E-state index contributed by atoms with van der Waals surface area (Å²) in [4.78, 5) is 41.5. The number of nitrogens with one attached hydrogen (secondary N) is 1. The molecular formula is C47H48ClN11O4S. The zero-order chi connectivity index (χ0) is 44.5. The van der Waals surface area contributed by atoms with Gasteiger partial charge >= 0.3 is 0 Å². The number of carbonyl (C=O) groups is 2. The number of amides is 2. The maximum absolute atomic E-state index is 13.6. The van der Waals surface area contributed by atoms with Gasteiger partial charge in [-0.25, -0.2) is 4.98 Å². The first-order valence-electron chi connectivity index (χ1n) is 21.6. The summed E-state index contributed by atoms with van der Waals surface area (Å²) >= 11 is 7.88. The van der Waals surface area contributed by atoms with Crippen LogP contribution in [0, 0.1) is 32.1 Å². The summed E-state index contributed by atoms with van der Waals surface area (Å²) in [5.41, 5.74) is 6.54. The molecule has 2 amide bonds. The number of hydrogen-bond acceptors (Lipinski definition) is 13. The second-order valence-electron chi connectivity index (χ2n) is 16.7. The Kier molecular flexibility index (Phi) is 12.3. The molecule has 2 fully saturated rings. The molecule has 15 nitrogen and oxygen atoms in total. The van der Waals surface area contributed by atoms with E-state index in [4.69, 9.17) is 31.0 Å². The molecule has 1 aliphatic carbocycles. The largest absolute Gasteiger partial charge is 0.490 e. The number of aromatic nitrogens is 6. The number of nitriles is 1. The van der Waals surface area contributed by atoms with E-state index in [0.717, 1.165) is 83.4 Å². The summed E-state index contributed by atoms with van der Waals surface area (Å²) < 4.78 is 13.8. The van der Waals surface area contributed by atoms with Gasteiger partial charge in [0.25, 0.3) is 5.91 Å². The number of ether oxygens (including phenoxy) is 1. The maximum atomic E-state index is 13.6. The van der Waals surface area contributed by atoms with Crippen molar-refractivity contribution in [2.45, 2.75) is 89.8 Å². The van der Waals surface area contributed by atoms with E-state index in [1.54, 1.807) is 48.1 Å². The topological polar surface area (TPSA) is 181 Å². The van der Waals surface area contributed by atoms with Crippen LogP contribution < -0.4 is 15.0 Å². The van der Waals surface area contributed by atoms with Gasteiger partial charge in [0, 0.05) is 59.9 Å². The first kappa shape index (κ1) is 42.8. The molecule has 6 aromatic rings. The first-order valence-corrected chi connectivity index (χ1v) is 22.8. The number of thiophene rings is 1. The van der Waals surface area contributed by atoms with E-state index < -0.39 is 0 Å². The fourth-order valence-electron chi connectivity index (χ4n) is 8.85. The smallest absolute Gasteiger partial charge is 0.272 e. The van der Waals surface area contributed by atoms with E-state index in [1.165, 1.54) is 10.4 Å². The predicted octanol–water partition coefficient (Wildman–Crippen LogP) is 7.65. The number of benzene rings is 2. The quantitative estimate of drug-likeness (QED) is 0.135. The average Bonchev–Trinajstić information content (AvgIpc) is 4.02. The number of aliphatic imine (C=N–C) groups is 1. The Hall–Kier alpha value is -6.44. The fourth-order valence-corrected chi connectivity index (χ4v) is 10.3. The molecular weight excluding hydrogens is 850 g/mol. The summed E-state index contributed by atoms with van der Waals surface area (Å²) in [6, 6.07) is 18.7. The van der Waals surface area contributed by atoms with Gasteiger partial charge in [-0.2, -0.15) is 10.4 Å². The van der Waals surface area contributed by atoms with Gasteiger partial charge < -0.3 is 24.3 Å². The minimum Gasteiger partial charge on any atom is -0.490 e. The van der Waals surface area contributed by atoms with Crippen LogP contribution in [0.15, 0.2) is 76.5 Å². The van der Waals surface area contributed by atoms with Crippen molar-refractivity contribution in [3.63, 3.8) is 0 Å². The number of oxazole rings is 1. The van der Waals surface area contributed by atoms with Gasteiger partial charge in [0.2, 0.25) is 5.91 Å². The van der Waals surface area contributed by atoms with Crippen molar-refractivity contribution in [2.75, 3.05) is 31.6 Å². The molecule has 1 saturated heterocycles. The minimum atomic E-state index is -0.357. The number of likely N-dealkylation sites (tertiary alicyclic amines) is 1. The number of hydrogen-bond donors (Lipinski definition) is 1. The summed E-state index contributed by atoms with van der Waals surface area (Å²) in [5, 5.41) is 31.4. The van der Waals surface area contributed by atoms with Crippen LogP contribution in [0.5, 0.6) is 5.75 Å². The van der Waals surface area contributed by atoms with Gasteiger partial charge in [-0.05, 0) is 101 Å². The number of anilines is 1. The fraction of sp³-hybridized carbons (Fsp3) is 0.383. The Morgan fingerprint density at radius 3 is 2.45 bits per heavy atom. The van der Waals surface area contributed by atoms with Crippen molar-refractivity contribution < 1.29 is 18.7 Å². The summed E-state index contributed by atoms with van der Waals surface area (Å²) in [6.45, 7) is 7.72. The SMILES string of the molecule is Cc1sc2c(c1C)C(c1ccc(N(C)CC(=O)N3CCC(c4ccc(C(=O)NC5CCC(Oc6ccc(C#N)c(Cl)c6)CC5)nn4)CC3)cc1)=N[C@@H](Cc1ncco1)c1nnc(C)n1-2. The van der Waals surface area contributed by atoms with E-state index in [-0.39, 0.29) is 48.2 Å². The zero-order valence-electron chi connectivity index (χ0n) is 36.1. The van der Waals surface area contributed by atoms with Gasteiger partial charge in [-0.15, -0.1) is 26.6 Å². The second-order valence-corrected chi connectivity index (χ2v) is 18.4. The summed E-state index contributed by atoms with van der Waals surface area (Å²) in [6.07, 6.45) is 8.32. The standard InChI is InChI=1S/C47H48ClN11O4S/c1-27-28(2)64-47-43(27)44(52-40(24-41-50-19-22-62-41)45-56-53-29(3)59(45)47)31-5-10-34(11-6-31)57(4)26-42(60)58-20-17-30(18-21-58)38-15-16-39(55-54-38)46(61)51-33-8-13-35(14-9-33)63-36-12-7-32(25-49)37(48)23-36/h5-7,10-12,15-16,19,22-23,30,33,35,40H,8-9,13-14,17-18,20-21,24,26H2,1-4H3,(H,51,61)/t33?,35?,40-/m0/s1. The van der Waals surface area contributed by atoms with Gasteiger partial charge in [-0.3, -0.25) is 19.1 Å². The second kappa shape index (κ2) is 18.3. The van der Waals surface area contributed by atoms with Crippen molar-refractivity contribution >= 4 is 46.2 Å². The molecule has 328 valence electrons. The Bertz CT molecular complexity index is 2730. The summed E-state index contributed by atoms with van der Waals surface area (Å²) in [7, 11) is 1.94. The lowest BCUT2D eigenvalue weighted by Gasteiger charge is -2.33.